The van der Waals surface area contributed by atoms with Crippen LogP contribution in [0.5, 0.6) is 0 Å². The normalized spacial score (nSPS) is 30.3. The highest BCUT2D eigenvalue weighted by Gasteiger charge is 2.59. The molecule has 2 fully saturated rings. The van der Waals surface area contributed by atoms with Crippen LogP contribution in [0.25, 0.3) is 0 Å². The molecule has 2 rings (SSSR count). The van der Waals surface area contributed by atoms with Gasteiger partial charge < -0.3 is 20.7 Å². The highest BCUT2D eigenvalue weighted by molar-refractivity contribution is 5.91. The van der Waals surface area contributed by atoms with Gasteiger partial charge >= 0.3 is 11.9 Å². The van der Waals surface area contributed by atoms with Crippen molar-refractivity contribution < 1.29 is 29.3 Å². The van der Waals surface area contributed by atoms with E-state index in [1.807, 2.05) is 0 Å². The summed E-state index contributed by atoms with van der Waals surface area (Å²) in [7, 11) is 0. The Kier molecular flexibility index (Phi) is 5.15. The SMILES string of the molecule is NCC(=O)C1(C2CCCCC2)OCC(C(=O)O)N1CC(=O)O. The summed E-state index contributed by atoms with van der Waals surface area (Å²) in [6.07, 6.45) is 4.27. The fourth-order valence-corrected chi connectivity index (χ4v) is 3.65. The van der Waals surface area contributed by atoms with Crippen molar-refractivity contribution in [1.29, 1.82) is 0 Å². The number of Topliss-reactive ketones (excluding diaryl/α,β-unsaturated/α-hetero) is 1. The van der Waals surface area contributed by atoms with E-state index in [0.29, 0.717) is 12.8 Å². The largest absolute Gasteiger partial charge is 0.480 e. The molecule has 0 spiro atoms. The van der Waals surface area contributed by atoms with Gasteiger partial charge in [0.2, 0.25) is 0 Å². The maximum absolute atomic E-state index is 12.5. The number of carbonyl (C=O) groups is 3. The number of nitrogens with zero attached hydrogens (tertiary/aromatic N) is 1. The molecule has 22 heavy (non-hydrogen) atoms. The standard InChI is InChI=1S/C14H22N2O6/c15-6-11(17)14(9-4-2-1-3-5-9)16(7-12(18)19)10(8-22-14)13(20)21/h9-10H,1-8,15H2,(H,18,19)(H,20,21). The van der Waals surface area contributed by atoms with Crippen LogP contribution in [-0.2, 0) is 19.1 Å². The van der Waals surface area contributed by atoms with Gasteiger partial charge in [-0.05, 0) is 12.8 Å². The molecule has 0 radical (unpaired) electrons. The van der Waals surface area contributed by atoms with E-state index in [9.17, 15) is 19.5 Å². The number of hydrogen-bond donors (Lipinski definition) is 3. The van der Waals surface area contributed by atoms with E-state index in [1.165, 1.54) is 4.90 Å². The molecule has 1 saturated heterocycles. The molecule has 0 aromatic carbocycles. The number of aliphatic carboxylic acids is 2. The molecule has 0 amide bonds. The molecule has 124 valence electrons. The summed E-state index contributed by atoms with van der Waals surface area (Å²) in [6, 6.07) is -1.14. The molecule has 0 aromatic heterocycles. The van der Waals surface area contributed by atoms with E-state index in [2.05, 4.69) is 0 Å². The van der Waals surface area contributed by atoms with Crippen LogP contribution in [0.4, 0.5) is 0 Å². The van der Waals surface area contributed by atoms with Gasteiger partial charge in [0.1, 0.15) is 12.6 Å². The highest BCUT2D eigenvalue weighted by atomic mass is 16.5. The van der Waals surface area contributed by atoms with Gasteiger partial charge in [-0.25, -0.2) is 4.90 Å². The van der Waals surface area contributed by atoms with Crippen molar-refractivity contribution in [2.75, 3.05) is 19.7 Å². The van der Waals surface area contributed by atoms with Gasteiger partial charge in [-0.2, -0.15) is 0 Å². The van der Waals surface area contributed by atoms with Gasteiger partial charge in [-0.3, -0.25) is 14.4 Å². The van der Waals surface area contributed by atoms with E-state index in [4.69, 9.17) is 15.6 Å². The first-order chi connectivity index (χ1) is 10.4. The molecule has 0 bridgehead atoms. The summed E-state index contributed by atoms with van der Waals surface area (Å²) in [6.45, 7) is -1.07. The number of carboxylic acids is 2. The van der Waals surface area contributed by atoms with Crippen LogP contribution < -0.4 is 5.73 Å². The number of ketones is 1. The van der Waals surface area contributed by atoms with Crippen molar-refractivity contribution in [3.8, 4) is 0 Å². The number of nitrogens with two attached hydrogens (primary N) is 1. The Morgan fingerprint density at radius 2 is 1.82 bits per heavy atom. The number of carbonyl (C=O) groups excluding carboxylic acids is 1. The molecule has 1 aliphatic heterocycles. The molecule has 1 heterocycles. The number of ether oxygens (including phenoxy) is 1. The van der Waals surface area contributed by atoms with E-state index >= 15 is 0 Å². The lowest BCUT2D eigenvalue weighted by atomic mass is 9.78. The fourth-order valence-electron chi connectivity index (χ4n) is 3.65. The highest BCUT2D eigenvalue weighted by Crippen LogP contribution is 2.42. The predicted molar refractivity (Wildman–Crippen MR) is 75.1 cm³/mol. The van der Waals surface area contributed by atoms with Gasteiger partial charge in [-0.1, -0.05) is 19.3 Å². The third-order valence-electron chi connectivity index (χ3n) is 4.60. The lowest BCUT2D eigenvalue weighted by molar-refractivity contribution is -0.175. The molecule has 8 nitrogen and oxygen atoms in total. The lowest BCUT2D eigenvalue weighted by Crippen LogP contribution is -2.62. The molecule has 1 saturated carbocycles. The maximum Gasteiger partial charge on any atom is 0.323 e. The van der Waals surface area contributed by atoms with Crippen LogP contribution in [0.1, 0.15) is 32.1 Å². The zero-order valence-corrected chi connectivity index (χ0v) is 12.4. The topological polar surface area (TPSA) is 130 Å². The average Bonchev–Trinajstić information content (AvgIpc) is 2.87. The second-order valence-corrected chi connectivity index (χ2v) is 5.85. The zero-order chi connectivity index (χ0) is 16.3. The van der Waals surface area contributed by atoms with Crippen LogP contribution >= 0.6 is 0 Å². The van der Waals surface area contributed by atoms with Crippen LogP contribution in [0, 0.1) is 5.92 Å². The van der Waals surface area contributed by atoms with Crippen molar-refractivity contribution in [3.05, 3.63) is 0 Å². The molecule has 4 N–H and O–H groups in total. The van der Waals surface area contributed by atoms with Crippen LogP contribution in [-0.4, -0.2) is 64.3 Å². The Balaban J connectivity index is 2.42. The summed E-state index contributed by atoms with van der Waals surface area (Å²) in [5.41, 5.74) is 3.99. The Labute approximate surface area is 128 Å². The summed E-state index contributed by atoms with van der Waals surface area (Å²) < 4.78 is 5.67. The Morgan fingerprint density at radius 3 is 2.32 bits per heavy atom. The summed E-state index contributed by atoms with van der Waals surface area (Å²) in [4.78, 5) is 36.3. The van der Waals surface area contributed by atoms with Gasteiger partial charge in [0.05, 0.1) is 13.2 Å². The van der Waals surface area contributed by atoms with Crippen LogP contribution in [0.2, 0.25) is 0 Å². The Morgan fingerprint density at radius 1 is 1.18 bits per heavy atom. The first-order valence-corrected chi connectivity index (χ1v) is 7.52. The smallest absolute Gasteiger partial charge is 0.323 e. The van der Waals surface area contributed by atoms with Gasteiger partial charge in [0.15, 0.2) is 11.5 Å². The molecule has 2 aliphatic rings. The van der Waals surface area contributed by atoms with E-state index in [1.54, 1.807) is 0 Å². The van der Waals surface area contributed by atoms with Crippen LogP contribution in [0.3, 0.4) is 0 Å². The minimum atomic E-state index is -1.52. The van der Waals surface area contributed by atoms with Gasteiger partial charge in [0.25, 0.3) is 0 Å². The van der Waals surface area contributed by atoms with E-state index in [-0.39, 0.29) is 19.1 Å². The average molecular weight is 314 g/mol. The Hall–Kier alpha value is -1.51. The van der Waals surface area contributed by atoms with Gasteiger partial charge in [0, 0.05) is 5.92 Å². The zero-order valence-electron chi connectivity index (χ0n) is 12.4. The first kappa shape index (κ1) is 16.9. The number of hydrogen-bond acceptors (Lipinski definition) is 6. The monoisotopic (exact) mass is 314 g/mol. The van der Waals surface area contributed by atoms with Crippen molar-refractivity contribution in [3.63, 3.8) is 0 Å². The number of carboxylic acid groups (broad SMARTS) is 2. The maximum atomic E-state index is 12.5. The van der Waals surface area contributed by atoms with Crippen molar-refractivity contribution in [2.24, 2.45) is 11.7 Å². The lowest BCUT2D eigenvalue weighted by Gasteiger charge is -2.43. The quantitative estimate of drug-likeness (QED) is 0.607. The number of rotatable bonds is 6. The van der Waals surface area contributed by atoms with Crippen molar-refractivity contribution in [2.45, 2.75) is 43.9 Å². The van der Waals surface area contributed by atoms with Crippen LogP contribution in [0.15, 0.2) is 0 Å². The second-order valence-electron chi connectivity index (χ2n) is 5.85. The predicted octanol–water partition coefficient (Wildman–Crippen LogP) is -0.339. The molecule has 0 aromatic rings. The third-order valence-corrected chi connectivity index (χ3v) is 4.60. The molecule has 2 atom stereocenters. The molecular weight excluding hydrogens is 292 g/mol. The van der Waals surface area contributed by atoms with E-state index in [0.717, 1.165) is 19.3 Å². The summed E-state index contributed by atoms with van der Waals surface area (Å²) in [5.74, 6) is -3.05. The summed E-state index contributed by atoms with van der Waals surface area (Å²) >= 11 is 0. The first-order valence-electron chi connectivity index (χ1n) is 7.52. The minimum absolute atomic E-state index is 0.204. The molecular formula is C14H22N2O6. The Bertz CT molecular complexity index is 462. The summed E-state index contributed by atoms with van der Waals surface area (Å²) in [5, 5.41) is 18.5. The van der Waals surface area contributed by atoms with Gasteiger partial charge in [-0.15, -0.1) is 0 Å². The van der Waals surface area contributed by atoms with Crippen molar-refractivity contribution >= 4 is 17.7 Å². The molecule has 1 aliphatic carbocycles. The third kappa shape index (κ3) is 2.86. The minimum Gasteiger partial charge on any atom is -0.480 e. The van der Waals surface area contributed by atoms with Crippen molar-refractivity contribution in [1.82, 2.24) is 4.90 Å². The second kappa shape index (κ2) is 6.72. The van der Waals surface area contributed by atoms with E-state index < -0.39 is 36.0 Å². The fraction of sp³-hybridized carbons (Fsp3) is 0.786. The molecule has 2 unspecified atom stereocenters. The molecule has 8 heteroatoms.